The minimum Gasteiger partial charge on any atom is -0.440 e. The first kappa shape index (κ1) is 22.9. The molecule has 1 aromatic heterocycles. The predicted molar refractivity (Wildman–Crippen MR) is 138 cm³/mol. The fourth-order valence-electron chi connectivity index (χ4n) is 4.87. The smallest absolute Gasteiger partial charge is 0.308 e. The zero-order valence-corrected chi connectivity index (χ0v) is 19.9. The Bertz CT molecular complexity index is 1260. The quantitative estimate of drug-likeness (QED) is 0.167. The molecule has 1 atom stereocenters. The second-order valence-corrected chi connectivity index (χ2v) is 8.97. The van der Waals surface area contributed by atoms with Crippen LogP contribution >= 0.6 is 0 Å². The van der Waals surface area contributed by atoms with Gasteiger partial charge in [-0.25, -0.2) is 4.98 Å². The minimum absolute atomic E-state index is 0.297. The zero-order chi connectivity index (χ0) is 24.0. The van der Waals surface area contributed by atoms with Crippen molar-refractivity contribution in [2.24, 2.45) is 0 Å². The van der Waals surface area contributed by atoms with E-state index >= 15 is 0 Å². The molecule has 1 unspecified atom stereocenters. The van der Waals surface area contributed by atoms with Gasteiger partial charge in [-0.1, -0.05) is 90.9 Å². The molecule has 1 heterocycles. The maximum Gasteiger partial charge on any atom is 0.308 e. The first-order chi connectivity index (χ1) is 17.2. The minimum atomic E-state index is -0.297. The molecule has 4 nitrogen and oxygen atoms in total. The van der Waals surface area contributed by atoms with Crippen molar-refractivity contribution < 1.29 is 13.9 Å². The summed E-state index contributed by atoms with van der Waals surface area (Å²) in [5, 5.41) is 0. The molecule has 4 aromatic rings. The summed E-state index contributed by atoms with van der Waals surface area (Å²) in [5.41, 5.74) is 5.54. The Hall–Kier alpha value is -3.92. The molecule has 1 aliphatic carbocycles. The maximum absolute atomic E-state index is 11.4. The van der Waals surface area contributed by atoms with Gasteiger partial charge in [0.25, 0.3) is 0 Å². The zero-order valence-electron chi connectivity index (χ0n) is 19.9. The third-order valence-electron chi connectivity index (χ3n) is 6.47. The van der Waals surface area contributed by atoms with E-state index in [9.17, 15) is 4.79 Å². The van der Waals surface area contributed by atoms with Crippen molar-refractivity contribution in [2.45, 2.75) is 44.9 Å². The van der Waals surface area contributed by atoms with Gasteiger partial charge in [0, 0.05) is 30.4 Å². The van der Waals surface area contributed by atoms with Gasteiger partial charge in [-0.3, -0.25) is 4.79 Å². The second-order valence-electron chi connectivity index (χ2n) is 8.97. The average Bonchev–Trinajstić information content (AvgIpc) is 3.33. The molecule has 35 heavy (non-hydrogen) atoms. The molecule has 1 fully saturated rings. The molecule has 4 heteroatoms. The van der Waals surface area contributed by atoms with E-state index in [-0.39, 0.29) is 5.97 Å². The highest BCUT2D eigenvalue weighted by molar-refractivity contribution is 5.76. The van der Waals surface area contributed by atoms with Gasteiger partial charge in [-0.15, -0.1) is 0 Å². The van der Waals surface area contributed by atoms with Gasteiger partial charge in [0.1, 0.15) is 11.4 Å². The Kier molecular flexibility index (Phi) is 6.89. The van der Waals surface area contributed by atoms with Crippen LogP contribution in [0.1, 0.15) is 50.0 Å². The Balaban J connectivity index is 1.44. The highest BCUT2D eigenvalue weighted by Gasteiger charge is 2.22. The van der Waals surface area contributed by atoms with E-state index in [0.717, 1.165) is 35.4 Å². The van der Waals surface area contributed by atoms with Crippen LogP contribution in [0.25, 0.3) is 22.6 Å². The summed E-state index contributed by atoms with van der Waals surface area (Å²) >= 11 is 0. The van der Waals surface area contributed by atoms with Crippen molar-refractivity contribution in [2.75, 3.05) is 0 Å². The van der Waals surface area contributed by atoms with E-state index in [1.165, 1.54) is 30.9 Å². The summed E-state index contributed by atoms with van der Waals surface area (Å²) in [5.74, 6) is 2.14. The Labute approximate surface area is 206 Å². The summed E-state index contributed by atoms with van der Waals surface area (Å²) in [4.78, 5) is 16.3. The van der Waals surface area contributed by atoms with Gasteiger partial charge in [0.2, 0.25) is 0 Å². The molecular formula is C31H29NO3. The number of hydrogen-bond donors (Lipinski definition) is 0. The van der Waals surface area contributed by atoms with Crippen LogP contribution in [0.5, 0.6) is 5.75 Å². The molecule has 0 spiro atoms. The van der Waals surface area contributed by atoms with E-state index in [4.69, 9.17) is 14.1 Å². The number of benzene rings is 3. The lowest BCUT2D eigenvalue weighted by molar-refractivity contribution is -0.131. The van der Waals surface area contributed by atoms with Gasteiger partial charge < -0.3 is 9.15 Å². The summed E-state index contributed by atoms with van der Waals surface area (Å²) in [6.45, 7) is 1.43. The van der Waals surface area contributed by atoms with Gasteiger partial charge in [0.05, 0.1) is 0 Å². The third kappa shape index (κ3) is 5.43. The van der Waals surface area contributed by atoms with E-state index in [0.29, 0.717) is 24.0 Å². The number of ether oxygens (including phenoxy) is 1. The number of carbonyl (C=O) groups is 1. The number of nitrogens with zero attached hydrogens (tertiary/aromatic N) is 1. The fraction of sp³-hybridized carbons (Fsp3) is 0.226. The number of carbonyl (C=O) groups excluding carboxylic acids is 1. The molecule has 3 aromatic carbocycles. The molecule has 0 radical (unpaired) electrons. The van der Waals surface area contributed by atoms with Crippen LogP contribution in [-0.2, 0) is 11.2 Å². The lowest BCUT2D eigenvalue weighted by Crippen LogP contribution is -2.10. The SMILES string of the molecule is CC(=O)Oc1cccc(C2CCCCC2=CCc2nc(-c3ccccc3)c(-c3ccccc3)o2)c1. The van der Waals surface area contributed by atoms with Crippen molar-refractivity contribution in [1.29, 1.82) is 0 Å². The first-order valence-electron chi connectivity index (χ1n) is 12.3. The maximum atomic E-state index is 11.4. The fourth-order valence-corrected chi connectivity index (χ4v) is 4.87. The number of allylic oxidation sites excluding steroid dienone is 2. The molecule has 1 aliphatic rings. The summed E-state index contributed by atoms with van der Waals surface area (Å²) in [6, 6.07) is 28.3. The molecule has 0 saturated heterocycles. The Morgan fingerprint density at radius 3 is 2.46 bits per heavy atom. The van der Waals surface area contributed by atoms with Gasteiger partial charge in [-0.05, 0) is 37.0 Å². The number of rotatable bonds is 6. The van der Waals surface area contributed by atoms with Crippen molar-refractivity contribution >= 4 is 5.97 Å². The van der Waals surface area contributed by atoms with Crippen LogP contribution in [0.2, 0.25) is 0 Å². The van der Waals surface area contributed by atoms with Crippen LogP contribution in [0.3, 0.4) is 0 Å². The van der Waals surface area contributed by atoms with Crippen LogP contribution in [0, 0.1) is 0 Å². The van der Waals surface area contributed by atoms with Crippen molar-refractivity contribution in [3.05, 3.63) is 108 Å². The molecule has 0 bridgehead atoms. The molecule has 0 aliphatic heterocycles. The monoisotopic (exact) mass is 463 g/mol. The van der Waals surface area contributed by atoms with Gasteiger partial charge in [0.15, 0.2) is 11.7 Å². The molecule has 176 valence electrons. The lowest BCUT2D eigenvalue weighted by atomic mass is 9.79. The van der Waals surface area contributed by atoms with Gasteiger partial charge in [-0.2, -0.15) is 0 Å². The normalized spacial score (nSPS) is 16.8. The largest absolute Gasteiger partial charge is 0.440 e. The highest BCUT2D eigenvalue weighted by Crippen LogP contribution is 2.39. The van der Waals surface area contributed by atoms with Crippen LogP contribution < -0.4 is 4.74 Å². The third-order valence-corrected chi connectivity index (χ3v) is 6.47. The summed E-state index contributed by atoms with van der Waals surface area (Å²) < 4.78 is 11.7. The van der Waals surface area contributed by atoms with E-state index in [2.05, 4.69) is 36.4 Å². The van der Waals surface area contributed by atoms with E-state index < -0.39 is 0 Å². The average molecular weight is 464 g/mol. The predicted octanol–water partition coefficient (Wildman–Crippen LogP) is 7.76. The van der Waals surface area contributed by atoms with Crippen molar-refractivity contribution in [1.82, 2.24) is 4.98 Å². The lowest BCUT2D eigenvalue weighted by Gasteiger charge is -2.26. The topological polar surface area (TPSA) is 52.3 Å². The van der Waals surface area contributed by atoms with E-state index in [1.807, 2.05) is 54.6 Å². The summed E-state index contributed by atoms with van der Waals surface area (Å²) in [6.07, 6.45) is 7.45. The first-order valence-corrected chi connectivity index (χ1v) is 12.3. The Morgan fingerprint density at radius 1 is 0.971 bits per heavy atom. The summed E-state index contributed by atoms with van der Waals surface area (Å²) in [7, 11) is 0. The van der Waals surface area contributed by atoms with Crippen LogP contribution in [0.15, 0.2) is 101 Å². The Morgan fingerprint density at radius 2 is 1.71 bits per heavy atom. The van der Waals surface area contributed by atoms with Crippen molar-refractivity contribution in [3.8, 4) is 28.3 Å². The molecule has 0 amide bonds. The van der Waals surface area contributed by atoms with Crippen LogP contribution in [-0.4, -0.2) is 11.0 Å². The number of hydrogen-bond acceptors (Lipinski definition) is 4. The van der Waals surface area contributed by atoms with Crippen LogP contribution in [0.4, 0.5) is 0 Å². The van der Waals surface area contributed by atoms with E-state index in [1.54, 1.807) is 0 Å². The molecular weight excluding hydrogens is 434 g/mol. The highest BCUT2D eigenvalue weighted by atomic mass is 16.5. The standard InChI is InChI=1S/C31H29NO3/c1-22(33)34-27-17-10-16-26(21-27)28-18-9-8-11-23(28)19-20-29-32-30(24-12-4-2-5-13-24)31(35-29)25-14-6-3-7-15-25/h2-7,10,12-17,19,21,28H,8-9,11,18,20H2,1H3. The number of oxazole rings is 1. The molecule has 5 rings (SSSR count). The second kappa shape index (κ2) is 10.6. The number of esters is 1. The van der Waals surface area contributed by atoms with Gasteiger partial charge >= 0.3 is 5.97 Å². The molecule has 0 N–H and O–H groups in total. The molecule has 1 saturated carbocycles. The van der Waals surface area contributed by atoms with Crippen molar-refractivity contribution in [3.63, 3.8) is 0 Å². The number of aromatic nitrogens is 1.